The monoisotopic (exact) mass is 358 g/mol. The van der Waals surface area contributed by atoms with Crippen LogP contribution in [0.5, 0.6) is 0 Å². The van der Waals surface area contributed by atoms with E-state index < -0.39 is 10.0 Å². The number of nitrogens with one attached hydrogen (secondary N) is 2. The minimum atomic E-state index is -3.61. The fourth-order valence-corrected chi connectivity index (χ4v) is 3.51. The van der Waals surface area contributed by atoms with E-state index in [1.165, 1.54) is 19.1 Å². The fourth-order valence-electron chi connectivity index (χ4n) is 2.49. The molecule has 0 unspecified atom stereocenters. The van der Waals surface area contributed by atoms with Crippen LogP contribution in [0.1, 0.15) is 6.92 Å². The first-order valence-corrected chi connectivity index (χ1v) is 9.21. The van der Waals surface area contributed by atoms with E-state index in [1.807, 2.05) is 28.8 Å². The minimum absolute atomic E-state index is 0.150. The second-order valence-electron chi connectivity index (χ2n) is 5.53. The third-order valence-electron chi connectivity index (χ3n) is 3.66. The Bertz CT molecular complexity index is 994. The zero-order chi connectivity index (χ0) is 17.9. The van der Waals surface area contributed by atoms with Crippen molar-refractivity contribution in [1.29, 1.82) is 0 Å². The van der Waals surface area contributed by atoms with Gasteiger partial charge in [-0.05, 0) is 36.4 Å². The van der Waals surface area contributed by atoms with Crippen molar-refractivity contribution < 1.29 is 13.2 Å². The summed E-state index contributed by atoms with van der Waals surface area (Å²) in [5, 5.41) is 2.60. The smallest absolute Gasteiger partial charge is 0.240 e. The molecule has 0 saturated heterocycles. The summed E-state index contributed by atoms with van der Waals surface area (Å²) < 4.78 is 29.1. The number of anilines is 1. The lowest BCUT2D eigenvalue weighted by molar-refractivity contribution is -0.114. The van der Waals surface area contributed by atoms with E-state index in [1.54, 1.807) is 18.5 Å². The van der Waals surface area contributed by atoms with Gasteiger partial charge < -0.3 is 9.88 Å². The molecule has 0 aliphatic heterocycles. The van der Waals surface area contributed by atoms with Crippen molar-refractivity contribution in [2.45, 2.75) is 18.4 Å². The van der Waals surface area contributed by atoms with Crippen molar-refractivity contribution >= 4 is 32.7 Å². The topological polar surface area (TPSA) is 93.1 Å². The third kappa shape index (κ3) is 4.04. The third-order valence-corrected chi connectivity index (χ3v) is 5.13. The van der Waals surface area contributed by atoms with Gasteiger partial charge in [0, 0.05) is 25.7 Å². The molecule has 0 bridgehead atoms. The molecular formula is C17H18N4O3S. The standard InChI is InChI=1S/C17H18N4O3S/c1-13(22)20-14-6-8-15(9-7-14)25(23,24)19-10-11-21-12-18-16-4-2-3-5-17(16)21/h2-9,12,19H,10-11H2,1H3,(H,20,22). The molecule has 1 aromatic heterocycles. The highest BCUT2D eigenvalue weighted by Crippen LogP contribution is 2.14. The molecule has 8 heteroatoms. The average Bonchev–Trinajstić information content (AvgIpc) is 2.98. The highest BCUT2D eigenvalue weighted by Gasteiger charge is 2.13. The van der Waals surface area contributed by atoms with Gasteiger partial charge in [-0.2, -0.15) is 0 Å². The maximum atomic E-state index is 12.3. The van der Waals surface area contributed by atoms with Gasteiger partial charge in [0.1, 0.15) is 0 Å². The van der Waals surface area contributed by atoms with Crippen molar-refractivity contribution in [3.8, 4) is 0 Å². The Morgan fingerprint density at radius 3 is 2.56 bits per heavy atom. The van der Waals surface area contributed by atoms with E-state index in [0.29, 0.717) is 12.2 Å². The molecular weight excluding hydrogens is 340 g/mol. The van der Waals surface area contributed by atoms with Gasteiger partial charge >= 0.3 is 0 Å². The van der Waals surface area contributed by atoms with Crippen LogP contribution in [-0.4, -0.2) is 30.4 Å². The first kappa shape index (κ1) is 17.1. The number of amides is 1. The molecule has 130 valence electrons. The van der Waals surface area contributed by atoms with E-state index in [0.717, 1.165) is 11.0 Å². The summed E-state index contributed by atoms with van der Waals surface area (Å²) in [5.74, 6) is -0.207. The van der Waals surface area contributed by atoms with E-state index in [-0.39, 0.29) is 17.3 Å². The number of fused-ring (bicyclic) bond motifs is 1. The number of sulfonamides is 1. The highest BCUT2D eigenvalue weighted by molar-refractivity contribution is 7.89. The molecule has 1 amide bonds. The van der Waals surface area contributed by atoms with Crippen LogP contribution in [0, 0.1) is 0 Å². The number of rotatable bonds is 6. The van der Waals surface area contributed by atoms with Crippen LogP contribution in [0.3, 0.4) is 0 Å². The Kier molecular flexibility index (Phi) is 4.82. The first-order chi connectivity index (χ1) is 12.0. The lowest BCUT2D eigenvalue weighted by Gasteiger charge is -2.09. The van der Waals surface area contributed by atoms with Crippen LogP contribution in [0.2, 0.25) is 0 Å². The number of carbonyl (C=O) groups excluding carboxylic acids is 1. The van der Waals surface area contributed by atoms with Gasteiger partial charge in [-0.3, -0.25) is 4.79 Å². The summed E-state index contributed by atoms with van der Waals surface area (Å²) in [4.78, 5) is 15.4. The molecule has 1 heterocycles. The first-order valence-electron chi connectivity index (χ1n) is 7.73. The summed E-state index contributed by atoms with van der Waals surface area (Å²) in [5.41, 5.74) is 2.39. The second kappa shape index (κ2) is 7.04. The van der Waals surface area contributed by atoms with Gasteiger partial charge in [0.25, 0.3) is 0 Å². The number of imidazole rings is 1. The number of hydrogen-bond acceptors (Lipinski definition) is 4. The number of hydrogen-bond donors (Lipinski definition) is 2. The average molecular weight is 358 g/mol. The Labute approximate surface area is 145 Å². The molecule has 0 radical (unpaired) electrons. The van der Waals surface area contributed by atoms with E-state index in [2.05, 4.69) is 15.0 Å². The normalized spacial score (nSPS) is 11.6. The molecule has 25 heavy (non-hydrogen) atoms. The Balaban J connectivity index is 1.64. The molecule has 3 aromatic rings. The van der Waals surface area contributed by atoms with E-state index in [4.69, 9.17) is 0 Å². The van der Waals surface area contributed by atoms with Gasteiger partial charge in [0.15, 0.2) is 0 Å². The highest BCUT2D eigenvalue weighted by atomic mass is 32.2. The molecule has 2 N–H and O–H groups in total. The zero-order valence-electron chi connectivity index (χ0n) is 13.6. The Hall–Kier alpha value is -2.71. The lowest BCUT2D eigenvalue weighted by atomic mass is 10.3. The van der Waals surface area contributed by atoms with Crippen LogP contribution in [0.25, 0.3) is 11.0 Å². The molecule has 0 fully saturated rings. The summed E-state index contributed by atoms with van der Waals surface area (Å²) in [7, 11) is -3.61. The quantitative estimate of drug-likeness (QED) is 0.704. The van der Waals surface area contributed by atoms with Crippen molar-refractivity contribution in [3.63, 3.8) is 0 Å². The minimum Gasteiger partial charge on any atom is -0.329 e. The van der Waals surface area contributed by atoms with Crippen LogP contribution >= 0.6 is 0 Å². The van der Waals surface area contributed by atoms with E-state index >= 15 is 0 Å². The largest absolute Gasteiger partial charge is 0.329 e. The summed E-state index contributed by atoms with van der Waals surface area (Å²) >= 11 is 0. The predicted molar refractivity (Wildman–Crippen MR) is 95.7 cm³/mol. The Morgan fingerprint density at radius 2 is 1.84 bits per heavy atom. The van der Waals surface area contributed by atoms with Crippen molar-refractivity contribution in [2.75, 3.05) is 11.9 Å². The van der Waals surface area contributed by atoms with Gasteiger partial charge in [-0.25, -0.2) is 18.1 Å². The van der Waals surface area contributed by atoms with Gasteiger partial charge in [0.05, 0.1) is 22.3 Å². The van der Waals surface area contributed by atoms with Crippen molar-refractivity contribution in [3.05, 3.63) is 54.9 Å². The summed E-state index contributed by atoms with van der Waals surface area (Å²) in [6, 6.07) is 13.7. The molecule has 0 aliphatic rings. The lowest BCUT2D eigenvalue weighted by Crippen LogP contribution is -2.27. The molecule has 0 saturated carbocycles. The molecule has 0 aliphatic carbocycles. The number of para-hydroxylation sites is 2. The van der Waals surface area contributed by atoms with Crippen LogP contribution < -0.4 is 10.0 Å². The zero-order valence-corrected chi connectivity index (χ0v) is 14.5. The van der Waals surface area contributed by atoms with Gasteiger partial charge in [-0.1, -0.05) is 12.1 Å². The summed E-state index contributed by atoms with van der Waals surface area (Å²) in [6.07, 6.45) is 1.70. The summed E-state index contributed by atoms with van der Waals surface area (Å²) in [6.45, 7) is 2.12. The maximum Gasteiger partial charge on any atom is 0.240 e. The van der Waals surface area contributed by atoms with Crippen LogP contribution in [0.15, 0.2) is 59.8 Å². The van der Waals surface area contributed by atoms with E-state index in [9.17, 15) is 13.2 Å². The number of nitrogens with zero attached hydrogens (tertiary/aromatic N) is 2. The van der Waals surface area contributed by atoms with Crippen molar-refractivity contribution in [1.82, 2.24) is 14.3 Å². The number of aromatic nitrogens is 2. The number of carbonyl (C=O) groups is 1. The fraction of sp³-hybridized carbons (Fsp3) is 0.176. The number of benzene rings is 2. The van der Waals surface area contributed by atoms with Crippen LogP contribution in [-0.2, 0) is 21.4 Å². The Morgan fingerprint density at radius 1 is 1.12 bits per heavy atom. The SMILES string of the molecule is CC(=O)Nc1ccc(S(=O)(=O)NCCn2cnc3ccccc32)cc1. The van der Waals surface area contributed by atoms with Gasteiger partial charge in [0.2, 0.25) is 15.9 Å². The molecule has 0 spiro atoms. The molecule has 7 nitrogen and oxygen atoms in total. The maximum absolute atomic E-state index is 12.3. The molecule has 3 rings (SSSR count). The predicted octanol–water partition coefficient (Wildman–Crippen LogP) is 1.97. The van der Waals surface area contributed by atoms with Crippen LogP contribution in [0.4, 0.5) is 5.69 Å². The second-order valence-corrected chi connectivity index (χ2v) is 7.30. The van der Waals surface area contributed by atoms with Crippen molar-refractivity contribution in [2.24, 2.45) is 0 Å². The molecule has 0 atom stereocenters. The molecule has 2 aromatic carbocycles. The van der Waals surface area contributed by atoms with Gasteiger partial charge in [-0.15, -0.1) is 0 Å².